The van der Waals surface area contributed by atoms with Crippen molar-refractivity contribution in [3.05, 3.63) is 89.0 Å². The molecule has 6 rings (SSSR count). The number of rotatable bonds is 6. The van der Waals surface area contributed by atoms with Crippen LogP contribution in [0.4, 0.5) is 17.1 Å². The monoisotopic (exact) mass is 385 g/mol. The minimum atomic E-state index is 0.234. The van der Waals surface area contributed by atoms with Gasteiger partial charge in [-0.15, -0.1) is 0 Å². The SMILES string of the molecule is Cc1ccc(N(c2ccc(C3CO3)cc2)c2cccc(C3CO3)c2)cc1C1CO1. The lowest BCUT2D eigenvalue weighted by molar-refractivity contribution is 0.415. The van der Waals surface area contributed by atoms with Gasteiger partial charge in [0.1, 0.15) is 18.3 Å². The average Bonchev–Trinajstić information content (AvgIpc) is 3.59. The molecule has 3 fully saturated rings. The van der Waals surface area contributed by atoms with Crippen molar-refractivity contribution in [2.75, 3.05) is 24.7 Å². The maximum absolute atomic E-state index is 5.58. The van der Waals surface area contributed by atoms with Crippen LogP contribution in [-0.2, 0) is 14.2 Å². The molecule has 3 aliphatic heterocycles. The molecule has 3 heterocycles. The quantitative estimate of drug-likeness (QED) is 0.512. The van der Waals surface area contributed by atoms with E-state index in [2.05, 4.69) is 78.6 Å². The largest absolute Gasteiger partial charge is 0.368 e. The lowest BCUT2D eigenvalue weighted by atomic mass is 10.0. The summed E-state index contributed by atoms with van der Waals surface area (Å²) in [5, 5.41) is 0. The second-order valence-corrected chi connectivity index (χ2v) is 8.03. The molecule has 3 aliphatic rings. The van der Waals surface area contributed by atoms with Crippen LogP contribution in [0.3, 0.4) is 0 Å². The molecule has 0 N–H and O–H groups in total. The predicted octanol–water partition coefficient (Wildman–Crippen LogP) is 5.68. The Kier molecular flexibility index (Phi) is 3.98. The van der Waals surface area contributed by atoms with E-state index in [1.165, 1.54) is 22.3 Å². The Balaban J connectivity index is 1.45. The summed E-state index contributed by atoms with van der Waals surface area (Å²) in [5.41, 5.74) is 8.44. The summed E-state index contributed by atoms with van der Waals surface area (Å²) >= 11 is 0. The molecule has 4 nitrogen and oxygen atoms in total. The third-order valence-corrected chi connectivity index (χ3v) is 5.89. The molecule has 0 spiro atoms. The molecule has 146 valence electrons. The molecule has 4 heteroatoms. The Morgan fingerprint density at radius 1 is 0.655 bits per heavy atom. The number of aryl methyl sites for hydroxylation is 1. The molecule has 0 amide bonds. The van der Waals surface area contributed by atoms with E-state index in [4.69, 9.17) is 14.2 Å². The fourth-order valence-electron chi connectivity index (χ4n) is 3.97. The van der Waals surface area contributed by atoms with Crippen LogP contribution in [-0.4, -0.2) is 19.8 Å². The van der Waals surface area contributed by atoms with Crippen LogP contribution >= 0.6 is 0 Å². The van der Waals surface area contributed by atoms with E-state index in [-0.39, 0.29) is 18.3 Å². The van der Waals surface area contributed by atoms with Gasteiger partial charge in [-0.1, -0.05) is 30.3 Å². The maximum atomic E-state index is 5.58. The van der Waals surface area contributed by atoms with E-state index in [1.54, 1.807) is 0 Å². The predicted molar refractivity (Wildman–Crippen MR) is 112 cm³/mol. The third-order valence-electron chi connectivity index (χ3n) is 5.89. The van der Waals surface area contributed by atoms with Gasteiger partial charge in [0.25, 0.3) is 0 Å². The Morgan fingerprint density at radius 3 is 1.97 bits per heavy atom. The van der Waals surface area contributed by atoms with Crippen molar-refractivity contribution in [2.45, 2.75) is 25.2 Å². The summed E-state index contributed by atoms with van der Waals surface area (Å²) in [4.78, 5) is 2.31. The normalized spacial score (nSPS) is 24.2. The molecule has 3 atom stereocenters. The van der Waals surface area contributed by atoms with Crippen molar-refractivity contribution >= 4 is 17.1 Å². The number of hydrogen-bond donors (Lipinski definition) is 0. The molecule has 3 aromatic rings. The smallest absolute Gasteiger partial charge is 0.106 e. The van der Waals surface area contributed by atoms with Crippen molar-refractivity contribution in [2.24, 2.45) is 0 Å². The van der Waals surface area contributed by atoms with Crippen LogP contribution in [0.1, 0.15) is 40.6 Å². The Labute approximate surface area is 170 Å². The highest BCUT2D eigenvalue weighted by Gasteiger charge is 2.29. The highest BCUT2D eigenvalue weighted by molar-refractivity contribution is 5.77. The zero-order valence-electron chi connectivity index (χ0n) is 16.4. The first-order valence-electron chi connectivity index (χ1n) is 10.2. The van der Waals surface area contributed by atoms with Gasteiger partial charge in [-0.3, -0.25) is 0 Å². The van der Waals surface area contributed by atoms with Gasteiger partial charge >= 0.3 is 0 Å². The lowest BCUT2D eigenvalue weighted by Gasteiger charge is -2.27. The molecule has 0 aliphatic carbocycles. The molecule has 0 radical (unpaired) electrons. The molecule has 0 bridgehead atoms. The van der Waals surface area contributed by atoms with Gasteiger partial charge in [0.15, 0.2) is 0 Å². The Hall–Kier alpha value is -2.66. The topological polar surface area (TPSA) is 40.8 Å². The van der Waals surface area contributed by atoms with Gasteiger partial charge in [0.2, 0.25) is 0 Å². The molecule has 29 heavy (non-hydrogen) atoms. The zero-order chi connectivity index (χ0) is 19.4. The van der Waals surface area contributed by atoms with Gasteiger partial charge in [0, 0.05) is 17.1 Å². The van der Waals surface area contributed by atoms with Crippen molar-refractivity contribution in [1.29, 1.82) is 0 Å². The van der Waals surface area contributed by atoms with Gasteiger partial charge in [-0.25, -0.2) is 0 Å². The molecule has 0 aromatic heterocycles. The molecule has 3 aromatic carbocycles. The van der Waals surface area contributed by atoms with E-state index in [0.29, 0.717) is 0 Å². The van der Waals surface area contributed by atoms with Gasteiger partial charge in [0.05, 0.1) is 19.8 Å². The minimum absolute atomic E-state index is 0.234. The Morgan fingerprint density at radius 2 is 1.28 bits per heavy atom. The first-order valence-corrected chi connectivity index (χ1v) is 10.2. The van der Waals surface area contributed by atoms with Crippen molar-refractivity contribution in [3.63, 3.8) is 0 Å². The Bertz CT molecular complexity index is 1050. The van der Waals surface area contributed by atoms with Crippen molar-refractivity contribution in [1.82, 2.24) is 0 Å². The van der Waals surface area contributed by atoms with E-state index < -0.39 is 0 Å². The summed E-state index contributed by atoms with van der Waals surface area (Å²) in [6, 6.07) is 24.0. The second kappa shape index (κ2) is 6.70. The molecule has 0 saturated carbocycles. The van der Waals surface area contributed by atoms with Crippen molar-refractivity contribution < 1.29 is 14.2 Å². The number of ether oxygens (including phenoxy) is 3. The summed E-state index contributed by atoms with van der Waals surface area (Å²) in [6.07, 6.45) is 0.739. The van der Waals surface area contributed by atoms with Crippen molar-refractivity contribution in [3.8, 4) is 0 Å². The zero-order valence-corrected chi connectivity index (χ0v) is 16.4. The van der Waals surface area contributed by atoms with Crippen LogP contribution in [0.2, 0.25) is 0 Å². The molecule has 3 unspecified atom stereocenters. The van der Waals surface area contributed by atoms with Crippen LogP contribution in [0.5, 0.6) is 0 Å². The highest BCUT2D eigenvalue weighted by atomic mass is 16.6. The number of hydrogen-bond acceptors (Lipinski definition) is 4. The van der Waals surface area contributed by atoms with Crippen LogP contribution in [0, 0.1) is 6.92 Å². The van der Waals surface area contributed by atoms with Crippen LogP contribution in [0.15, 0.2) is 66.7 Å². The van der Waals surface area contributed by atoms with Crippen LogP contribution < -0.4 is 4.90 Å². The van der Waals surface area contributed by atoms with E-state index in [0.717, 1.165) is 36.9 Å². The number of benzene rings is 3. The van der Waals surface area contributed by atoms with Crippen LogP contribution in [0.25, 0.3) is 0 Å². The van der Waals surface area contributed by atoms with Gasteiger partial charge in [-0.05, 0) is 65.6 Å². The number of nitrogens with zero attached hydrogens (tertiary/aromatic N) is 1. The fourth-order valence-corrected chi connectivity index (χ4v) is 3.97. The first-order chi connectivity index (χ1) is 14.3. The lowest BCUT2D eigenvalue weighted by Crippen LogP contribution is -2.11. The van der Waals surface area contributed by atoms with E-state index in [1.807, 2.05) is 0 Å². The molecule has 3 saturated heterocycles. The summed E-state index contributed by atoms with van der Waals surface area (Å²) in [5.74, 6) is 0. The second-order valence-electron chi connectivity index (χ2n) is 8.03. The summed E-state index contributed by atoms with van der Waals surface area (Å²) in [7, 11) is 0. The standard InChI is InChI=1S/C25H23NO3/c1-16-5-8-21(12-22(16)25-15-29-25)26(19-9-6-17(7-10-19)23-13-27-23)20-4-2-3-18(11-20)24-14-28-24/h2-12,23-25H,13-15H2,1H3. The highest BCUT2D eigenvalue weighted by Crippen LogP contribution is 2.41. The van der Waals surface area contributed by atoms with E-state index in [9.17, 15) is 0 Å². The van der Waals surface area contributed by atoms with Gasteiger partial charge in [-0.2, -0.15) is 0 Å². The maximum Gasteiger partial charge on any atom is 0.106 e. The minimum Gasteiger partial charge on any atom is -0.368 e. The van der Waals surface area contributed by atoms with E-state index >= 15 is 0 Å². The summed E-state index contributed by atoms with van der Waals surface area (Å²) in [6.45, 7) is 4.61. The fraction of sp³-hybridized carbons (Fsp3) is 0.280. The number of anilines is 3. The van der Waals surface area contributed by atoms with Gasteiger partial charge < -0.3 is 19.1 Å². The average molecular weight is 385 g/mol. The molecular weight excluding hydrogens is 362 g/mol. The number of epoxide rings is 3. The summed E-state index contributed by atoms with van der Waals surface area (Å²) < 4.78 is 16.5. The third kappa shape index (κ3) is 3.44. The molecular formula is C25H23NO3. The first kappa shape index (κ1) is 17.2.